The van der Waals surface area contributed by atoms with Gasteiger partial charge in [0.15, 0.2) is 11.6 Å². The smallest absolute Gasteiger partial charge is 0.200 e. The summed E-state index contributed by atoms with van der Waals surface area (Å²) < 4.78 is 0. The van der Waals surface area contributed by atoms with Crippen LogP contribution in [0, 0.1) is 0 Å². The molecule has 0 saturated heterocycles. The molecule has 0 aliphatic rings. The van der Waals surface area contributed by atoms with Crippen LogP contribution in [-0.2, 0) is 17.3 Å². The Balaban J connectivity index is 2.33. The van der Waals surface area contributed by atoms with Gasteiger partial charge in [-0.3, -0.25) is 4.79 Å². The SMILES string of the molecule is CC(C)(C)c1cc(CCC(=O)c2ncncn2)cc(C(C)(C)C)c1O. The Hall–Kier alpha value is -2.30. The zero-order valence-corrected chi connectivity index (χ0v) is 15.9. The summed E-state index contributed by atoms with van der Waals surface area (Å²) in [6.45, 7) is 12.5. The molecule has 0 bridgehead atoms. The van der Waals surface area contributed by atoms with E-state index in [1.165, 1.54) is 12.7 Å². The maximum absolute atomic E-state index is 12.2. The highest BCUT2D eigenvalue weighted by molar-refractivity contribution is 5.92. The summed E-state index contributed by atoms with van der Waals surface area (Å²) in [5, 5.41) is 10.7. The minimum Gasteiger partial charge on any atom is -0.507 e. The molecule has 0 saturated carbocycles. The zero-order valence-electron chi connectivity index (χ0n) is 15.9. The fourth-order valence-electron chi connectivity index (χ4n) is 2.73. The second-order valence-electron chi connectivity index (χ2n) is 8.42. The van der Waals surface area contributed by atoms with E-state index in [1.54, 1.807) is 0 Å². The Labute approximate surface area is 149 Å². The number of benzene rings is 1. The number of phenols is 1. The van der Waals surface area contributed by atoms with Crippen LogP contribution in [0.25, 0.3) is 0 Å². The van der Waals surface area contributed by atoms with Crippen molar-refractivity contribution in [2.75, 3.05) is 0 Å². The van der Waals surface area contributed by atoms with Crippen molar-refractivity contribution in [2.24, 2.45) is 0 Å². The van der Waals surface area contributed by atoms with Crippen LogP contribution in [0.4, 0.5) is 0 Å². The van der Waals surface area contributed by atoms with Gasteiger partial charge in [-0.05, 0) is 33.9 Å². The van der Waals surface area contributed by atoms with E-state index in [2.05, 4.69) is 56.5 Å². The fraction of sp³-hybridized carbons (Fsp3) is 0.500. The van der Waals surface area contributed by atoms with Crippen LogP contribution in [0.1, 0.15) is 75.3 Å². The molecule has 134 valence electrons. The zero-order chi connectivity index (χ0) is 18.8. The van der Waals surface area contributed by atoms with Crippen molar-refractivity contribution in [1.29, 1.82) is 0 Å². The first-order valence-corrected chi connectivity index (χ1v) is 8.52. The lowest BCUT2D eigenvalue weighted by Gasteiger charge is -2.28. The van der Waals surface area contributed by atoms with E-state index in [9.17, 15) is 9.90 Å². The van der Waals surface area contributed by atoms with Crippen molar-refractivity contribution in [3.8, 4) is 5.75 Å². The van der Waals surface area contributed by atoms with E-state index in [0.29, 0.717) is 18.6 Å². The van der Waals surface area contributed by atoms with Gasteiger partial charge in [-0.15, -0.1) is 0 Å². The number of phenolic OH excluding ortho intramolecular Hbond substituents is 1. The van der Waals surface area contributed by atoms with Crippen LogP contribution in [-0.4, -0.2) is 25.8 Å². The molecule has 5 heteroatoms. The summed E-state index contributed by atoms with van der Waals surface area (Å²) in [5.41, 5.74) is 2.48. The van der Waals surface area contributed by atoms with Crippen molar-refractivity contribution in [3.63, 3.8) is 0 Å². The number of rotatable bonds is 4. The molecule has 1 aromatic carbocycles. The first-order valence-electron chi connectivity index (χ1n) is 8.52. The molecular weight excluding hydrogens is 314 g/mol. The third kappa shape index (κ3) is 4.62. The van der Waals surface area contributed by atoms with Gasteiger partial charge in [0.25, 0.3) is 0 Å². The number of aromatic nitrogens is 3. The number of aromatic hydroxyl groups is 1. The van der Waals surface area contributed by atoms with E-state index in [0.717, 1.165) is 16.7 Å². The van der Waals surface area contributed by atoms with Gasteiger partial charge in [0.2, 0.25) is 0 Å². The average Bonchev–Trinajstić information content (AvgIpc) is 2.52. The Bertz CT molecular complexity index is 722. The molecule has 1 aromatic heterocycles. The second-order valence-corrected chi connectivity index (χ2v) is 8.42. The van der Waals surface area contributed by atoms with Gasteiger partial charge < -0.3 is 5.11 Å². The minimum absolute atomic E-state index is 0.106. The topological polar surface area (TPSA) is 76.0 Å². The molecule has 0 aliphatic heterocycles. The molecule has 1 N–H and O–H groups in total. The van der Waals surface area contributed by atoms with Gasteiger partial charge in [-0.25, -0.2) is 15.0 Å². The van der Waals surface area contributed by atoms with Gasteiger partial charge >= 0.3 is 0 Å². The Morgan fingerprint density at radius 1 is 0.960 bits per heavy atom. The number of Topliss-reactive ketones (excluding diaryl/α,β-unsaturated/α-hetero) is 1. The Morgan fingerprint density at radius 3 is 1.88 bits per heavy atom. The molecular formula is C20H27N3O2. The lowest BCUT2D eigenvalue weighted by Crippen LogP contribution is -2.18. The van der Waals surface area contributed by atoms with Crippen LogP contribution < -0.4 is 0 Å². The first-order chi connectivity index (χ1) is 11.5. The van der Waals surface area contributed by atoms with E-state index in [4.69, 9.17) is 0 Å². The summed E-state index contributed by atoms with van der Waals surface area (Å²) in [6, 6.07) is 4.01. The number of hydrogen-bond donors (Lipinski definition) is 1. The minimum atomic E-state index is -0.182. The maximum Gasteiger partial charge on any atom is 0.200 e. The van der Waals surface area contributed by atoms with Crippen LogP contribution in [0.3, 0.4) is 0 Å². The number of aryl methyl sites for hydroxylation is 1. The standard InChI is InChI=1S/C20H27N3O2/c1-19(2,3)14-9-13(10-15(17(14)25)20(4,5)6)7-8-16(24)18-22-11-21-12-23-18/h9-12,25H,7-8H2,1-6H3. The third-order valence-corrected chi connectivity index (χ3v) is 4.17. The first kappa shape index (κ1) is 19.0. The lowest BCUT2D eigenvalue weighted by molar-refractivity contribution is 0.0972. The van der Waals surface area contributed by atoms with Crippen molar-refractivity contribution >= 4 is 5.78 Å². The summed E-state index contributed by atoms with van der Waals surface area (Å²) >= 11 is 0. The van der Waals surface area contributed by atoms with Crippen molar-refractivity contribution < 1.29 is 9.90 Å². The van der Waals surface area contributed by atoms with E-state index < -0.39 is 0 Å². The van der Waals surface area contributed by atoms with Crippen LogP contribution in [0.15, 0.2) is 24.8 Å². The fourth-order valence-corrected chi connectivity index (χ4v) is 2.73. The molecule has 0 spiro atoms. The molecule has 25 heavy (non-hydrogen) atoms. The summed E-state index contributed by atoms with van der Waals surface area (Å²) in [7, 11) is 0. The molecule has 0 fully saturated rings. The normalized spacial score (nSPS) is 12.2. The van der Waals surface area contributed by atoms with Crippen molar-refractivity contribution in [2.45, 2.75) is 65.2 Å². The van der Waals surface area contributed by atoms with Gasteiger partial charge in [-0.1, -0.05) is 53.7 Å². The number of ketones is 1. The molecule has 2 rings (SSSR count). The van der Waals surface area contributed by atoms with Crippen LogP contribution >= 0.6 is 0 Å². The second kappa shape index (κ2) is 6.90. The largest absolute Gasteiger partial charge is 0.507 e. The van der Waals surface area contributed by atoms with Gasteiger partial charge in [0.1, 0.15) is 18.4 Å². The monoisotopic (exact) mass is 341 g/mol. The quantitative estimate of drug-likeness (QED) is 0.851. The van der Waals surface area contributed by atoms with Gasteiger partial charge in [-0.2, -0.15) is 0 Å². The lowest BCUT2D eigenvalue weighted by atomic mass is 9.78. The number of nitrogens with zero attached hydrogens (tertiary/aromatic N) is 3. The highest BCUT2D eigenvalue weighted by Crippen LogP contribution is 2.39. The maximum atomic E-state index is 12.2. The molecule has 2 aromatic rings. The third-order valence-electron chi connectivity index (χ3n) is 4.17. The van der Waals surface area contributed by atoms with E-state index >= 15 is 0 Å². The van der Waals surface area contributed by atoms with Crippen molar-refractivity contribution in [1.82, 2.24) is 15.0 Å². The summed E-state index contributed by atoms with van der Waals surface area (Å²) in [4.78, 5) is 23.8. The summed E-state index contributed by atoms with van der Waals surface area (Å²) in [6.07, 6.45) is 3.56. The van der Waals surface area contributed by atoms with E-state index in [-0.39, 0.29) is 22.4 Å². The van der Waals surface area contributed by atoms with Crippen molar-refractivity contribution in [3.05, 3.63) is 47.3 Å². The Kier molecular flexibility index (Phi) is 5.26. The molecule has 0 amide bonds. The molecule has 0 aliphatic carbocycles. The van der Waals surface area contributed by atoms with E-state index in [1.807, 2.05) is 12.1 Å². The highest BCUT2D eigenvalue weighted by atomic mass is 16.3. The molecule has 1 heterocycles. The van der Waals surface area contributed by atoms with Crippen LogP contribution in [0.2, 0.25) is 0 Å². The Morgan fingerprint density at radius 2 is 1.44 bits per heavy atom. The number of hydrogen-bond acceptors (Lipinski definition) is 5. The van der Waals surface area contributed by atoms with Crippen LogP contribution in [0.5, 0.6) is 5.75 Å². The molecule has 5 nitrogen and oxygen atoms in total. The molecule has 0 unspecified atom stereocenters. The van der Waals surface area contributed by atoms with Gasteiger partial charge in [0, 0.05) is 6.42 Å². The van der Waals surface area contributed by atoms with Gasteiger partial charge in [0.05, 0.1) is 0 Å². The summed E-state index contributed by atoms with van der Waals surface area (Å²) in [5.74, 6) is 0.443. The average molecular weight is 341 g/mol. The molecule has 0 radical (unpaired) electrons. The number of carbonyl (C=O) groups is 1. The highest BCUT2D eigenvalue weighted by Gasteiger charge is 2.26. The predicted molar refractivity (Wildman–Crippen MR) is 98.0 cm³/mol. The number of carbonyl (C=O) groups excluding carboxylic acids is 1. The molecule has 0 atom stereocenters. The predicted octanol–water partition coefficient (Wildman–Crippen LogP) is 3.99.